The van der Waals surface area contributed by atoms with Gasteiger partial charge in [0.05, 0.1) is 0 Å². The smallest absolute Gasteiger partial charge is 0.0357 e. The van der Waals surface area contributed by atoms with Gasteiger partial charge in [0.15, 0.2) is 0 Å². The van der Waals surface area contributed by atoms with E-state index in [0.29, 0.717) is 5.41 Å². The molecule has 0 radical (unpaired) electrons. The van der Waals surface area contributed by atoms with E-state index in [0.717, 1.165) is 5.92 Å². The summed E-state index contributed by atoms with van der Waals surface area (Å²) in [7, 11) is 0. The Morgan fingerprint density at radius 1 is 0.522 bits per heavy atom. The summed E-state index contributed by atoms with van der Waals surface area (Å²) in [6, 6.07) is 0. The van der Waals surface area contributed by atoms with Gasteiger partial charge in [-0.05, 0) is 11.3 Å². The Morgan fingerprint density at radius 3 is 1.13 bits per heavy atom. The fourth-order valence-corrected chi connectivity index (χ4v) is 3.25. The normalized spacial score (nSPS) is 13.4. The van der Waals surface area contributed by atoms with Gasteiger partial charge in [-0.15, -0.1) is 0 Å². The first-order chi connectivity index (χ1) is 11.0. The van der Waals surface area contributed by atoms with Crippen molar-refractivity contribution >= 4 is 0 Å². The van der Waals surface area contributed by atoms with E-state index < -0.39 is 0 Å². The molecule has 0 bridgehead atoms. The van der Waals surface area contributed by atoms with Crippen LogP contribution in [0.3, 0.4) is 0 Å². The number of unbranched alkanes of at least 4 members (excludes halogenated alkanes) is 14. The van der Waals surface area contributed by atoms with E-state index in [1.807, 2.05) is 0 Å². The van der Waals surface area contributed by atoms with Crippen molar-refractivity contribution in [2.24, 2.45) is 11.3 Å². The second-order valence-corrected chi connectivity index (χ2v) is 9.01. The van der Waals surface area contributed by atoms with Gasteiger partial charge < -0.3 is 0 Å². The maximum absolute atomic E-state index is 2.42. The van der Waals surface area contributed by atoms with Gasteiger partial charge in [-0.1, -0.05) is 137 Å². The molecule has 140 valence electrons. The number of hydrogen-bond donors (Lipinski definition) is 0. The average Bonchev–Trinajstić information content (AvgIpc) is 2.50. The molecule has 0 aliphatic carbocycles. The van der Waals surface area contributed by atoms with Gasteiger partial charge in [0.2, 0.25) is 0 Å². The molecule has 0 saturated heterocycles. The summed E-state index contributed by atoms with van der Waals surface area (Å²) >= 11 is 0. The molecular formula is C23H48. The highest BCUT2D eigenvalue weighted by Crippen LogP contribution is 2.29. The van der Waals surface area contributed by atoms with Gasteiger partial charge in [-0.25, -0.2) is 0 Å². The van der Waals surface area contributed by atoms with Crippen LogP contribution in [0.4, 0.5) is 0 Å². The largest absolute Gasteiger partial charge is 0.0654 e. The zero-order chi connectivity index (χ0) is 17.4. The van der Waals surface area contributed by atoms with Crippen LogP contribution in [0, 0.1) is 11.3 Å². The van der Waals surface area contributed by atoms with E-state index in [1.165, 1.54) is 103 Å². The van der Waals surface area contributed by atoms with Crippen LogP contribution in [0.25, 0.3) is 0 Å². The highest BCUT2D eigenvalue weighted by Gasteiger charge is 2.18. The third kappa shape index (κ3) is 16.6. The number of hydrogen-bond acceptors (Lipinski definition) is 0. The second kappa shape index (κ2) is 15.5. The lowest BCUT2D eigenvalue weighted by Crippen LogP contribution is -2.16. The molecular weight excluding hydrogens is 276 g/mol. The summed E-state index contributed by atoms with van der Waals surface area (Å²) in [5.74, 6) is 0.865. The first-order valence-corrected chi connectivity index (χ1v) is 11.0. The van der Waals surface area contributed by atoms with Crippen molar-refractivity contribution in [3.63, 3.8) is 0 Å². The fourth-order valence-electron chi connectivity index (χ4n) is 3.25. The van der Waals surface area contributed by atoms with E-state index in [4.69, 9.17) is 0 Å². The lowest BCUT2D eigenvalue weighted by atomic mass is 9.79. The van der Waals surface area contributed by atoms with Crippen LogP contribution in [-0.4, -0.2) is 0 Å². The molecule has 0 spiro atoms. The quantitative estimate of drug-likeness (QED) is 0.248. The molecule has 0 saturated carbocycles. The first kappa shape index (κ1) is 23.0. The predicted molar refractivity (Wildman–Crippen MR) is 108 cm³/mol. The van der Waals surface area contributed by atoms with Crippen LogP contribution < -0.4 is 0 Å². The minimum Gasteiger partial charge on any atom is -0.0654 e. The Labute approximate surface area is 149 Å². The first-order valence-electron chi connectivity index (χ1n) is 11.0. The van der Waals surface area contributed by atoms with Gasteiger partial charge >= 0.3 is 0 Å². The standard InChI is InChI=1S/C23H48/c1-6-7-8-9-10-11-12-13-14-15-16-17-18-19-20-21-22(2)23(3,4)5/h22H,6-21H2,1-5H3. The third-order valence-electron chi connectivity index (χ3n) is 5.72. The van der Waals surface area contributed by atoms with Crippen LogP contribution >= 0.6 is 0 Å². The monoisotopic (exact) mass is 324 g/mol. The molecule has 0 amide bonds. The zero-order valence-corrected chi connectivity index (χ0v) is 17.4. The Balaban J connectivity index is 3.11. The highest BCUT2D eigenvalue weighted by molar-refractivity contribution is 4.69. The summed E-state index contributed by atoms with van der Waals surface area (Å²) in [4.78, 5) is 0. The van der Waals surface area contributed by atoms with Crippen molar-refractivity contribution < 1.29 is 0 Å². The summed E-state index contributed by atoms with van der Waals surface area (Å²) in [5.41, 5.74) is 0.496. The SMILES string of the molecule is CCCCCCCCCCCCCCCCCC(C)C(C)(C)C. The van der Waals surface area contributed by atoms with Crippen LogP contribution in [0.5, 0.6) is 0 Å². The molecule has 0 N–H and O–H groups in total. The summed E-state index contributed by atoms with van der Waals surface area (Å²) < 4.78 is 0. The van der Waals surface area contributed by atoms with Crippen molar-refractivity contribution in [3.05, 3.63) is 0 Å². The van der Waals surface area contributed by atoms with Crippen molar-refractivity contribution in [1.82, 2.24) is 0 Å². The van der Waals surface area contributed by atoms with Crippen LogP contribution in [-0.2, 0) is 0 Å². The van der Waals surface area contributed by atoms with Gasteiger partial charge in [0.25, 0.3) is 0 Å². The molecule has 0 nitrogen and oxygen atoms in total. The van der Waals surface area contributed by atoms with Crippen LogP contribution in [0.15, 0.2) is 0 Å². The maximum Gasteiger partial charge on any atom is -0.0357 e. The summed E-state index contributed by atoms with van der Waals surface area (Å²) in [5, 5.41) is 0. The Bertz CT molecular complexity index is 223. The van der Waals surface area contributed by atoms with Gasteiger partial charge in [0, 0.05) is 0 Å². The molecule has 0 heteroatoms. The van der Waals surface area contributed by atoms with Crippen molar-refractivity contribution in [2.45, 2.75) is 137 Å². The van der Waals surface area contributed by atoms with Crippen LogP contribution in [0.1, 0.15) is 137 Å². The van der Waals surface area contributed by atoms with E-state index in [2.05, 4.69) is 34.6 Å². The molecule has 0 heterocycles. The fraction of sp³-hybridized carbons (Fsp3) is 1.00. The molecule has 0 aromatic rings. The molecule has 0 rings (SSSR count). The summed E-state index contributed by atoms with van der Waals surface area (Å²) in [6.07, 6.45) is 23.4. The predicted octanol–water partition coefficient (Wildman–Crippen LogP) is 8.93. The molecule has 1 unspecified atom stereocenters. The lowest BCUT2D eigenvalue weighted by molar-refractivity contribution is 0.240. The van der Waals surface area contributed by atoms with E-state index in [-0.39, 0.29) is 0 Å². The summed E-state index contributed by atoms with van der Waals surface area (Å²) in [6.45, 7) is 11.9. The van der Waals surface area contributed by atoms with Gasteiger partial charge in [-0.2, -0.15) is 0 Å². The zero-order valence-electron chi connectivity index (χ0n) is 17.4. The van der Waals surface area contributed by atoms with Crippen molar-refractivity contribution in [1.29, 1.82) is 0 Å². The minimum atomic E-state index is 0.496. The maximum atomic E-state index is 2.42. The van der Waals surface area contributed by atoms with Gasteiger partial charge in [0.1, 0.15) is 0 Å². The Kier molecular flexibility index (Phi) is 15.5. The molecule has 0 aliphatic rings. The molecule has 1 atom stereocenters. The molecule has 0 aliphatic heterocycles. The minimum absolute atomic E-state index is 0.496. The highest BCUT2D eigenvalue weighted by atomic mass is 14.2. The molecule has 0 aromatic carbocycles. The van der Waals surface area contributed by atoms with Crippen molar-refractivity contribution in [2.75, 3.05) is 0 Å². The second-order valence-electron chi connectivity index (χ2n) is 9.01. The molecule has 0 fully saturated rings. The lowest BCUT2D eigenvalue weighted by Gasteiger charge is -2.27. The third-order valence-corrected chi connectivity index (χ3v) is 5.72. The Hall–Kier alpha value is 0. The average molecular weight is 325 g/mol. The topological polar surface area (TPSA) is 0 Å². The molecule has 23 heavy (non-hydrogen) atoms. The number of rotatable bonds is 16. The van der Waals surface area contributed by atoms with Gasteiger partial charge in [-0.3, -0.25) is 0 Å². The van der Waals surface area contributed by atoms with Crippen LogP contribution in [0.2, 0.25) is 0 Å². The molecule has 0 aromatic heterocycles. The van der Waals surface area contributed by atoms with Crippen molar-refractivity contribution in [3.8, 4) is 0 Å². The van der Waals surface area contributed by atoms with E-state index in [9.17, 15) is 0 Å². The van der Waals surface area contributed by atoms with E-state index >= 15 is 0 Å². The van der Waals surface area contributed by atoms with E-state index in [1.54, 1.807) is 0 Å². The Morgan fingerprint density at radius 2 is 0.826 bits per heavy atom.